The number of rotatable bonds is 5. The van der Waals surface area contributed by atoms with Gasteiger partial charge in [0.05, 0.1) is 0 Å². The van der Waals surface area contributed by atoms with Gasteiger partial charge < -0.3 is 10.6 Å². The minimum atomic E-state index is -0.176. The molecule has 1 saturated carbocycles. The first-order valence-electron chi connectivity index (χ1n) is 7.56. The molecule has 1 aromatic carbocycles. The molecule has 22 heavy (non-hydrogen) atoms. The lowest BCUT2D eigenvalue weighted by molar-refractivity contribution is 0.0945. The SMILES string of the molecule is Cc1ccc(CNC(=O)c2cc(C)nc(NC3CC3)n2)cc1. The fourth-order valence-corrected chi connectivity index (χ4v) is 2.14. The number of aromatic nitrogens is 2. The van der Waals surface area contributed by atoms with Gasteiger partial charge in [-0.2, -0.15) is 0 Å². The van der Waals surface area contributed by atoms with Crippen LogP contribution in [-0.4, -0.2) is 21.9 Å². The smallest absolute Gasteiger partial charge is 0.270 e. The van der Waals surface area contributed by atoms with Crippen LogP contribution in [0.15, 0.2) is 30.3 Å². The first kappa shape index (κ1) is 14.5. The second-order valence-corrected chi connectivity index (χ2v) is 5.81. The van der Waals surface area contributed by atoms with E-state index in [-0.39, 0.29) is 5.91 Å². The molecular weight excluding hydrogens is 276 g/mol. The van der Waals surface area contributed by atoms with Crippen LogP contribution in [0.25, 0.3) is 0 Å². The molecule has 0 saturated heterocycles. The number of hydrogen-bond donors (Lipinski definition) is 2. The van der Waals surface area contributed by atoms with Gasteiger partial charge in [0.15, 0.2) is 0 Å². The Morgan fingerprint density at radius 2 is 1.91 bits per heavy atom. The van der Waals surface area contributed by atoms with Gasteiger partial charge in [-0.15, -0.1) is 0 Å². The first-order chi connectivity index (χ1) is 10.6. The molecule has 1 aliphatic rings. The summed E-state index contributed by atoms with van der Waals surface area (Å²) in [5.74, 6) is 0.368. The van der Waals surface area contributed by atoms with Gasteiger partial charge in [-0.3, -0.25) is 4.79 Å². The molecule has 0 unspecified atom stereocenters. The Morgan fingerprint density at radius 3 is 2.59 bits per heavy atom. The van der Waals surface area contributed by atoms with Crippen molar-refractivity contribution in [1.29, 1.82) is 0 Å². The molecule has 1 aromatic heterocycles. The minimum absolute atomic E-state index is 0.176. The fourth-order valence-electron chi connectivity index (χ4n) is 2.14. The average Bonchev–Trinajstić information content (AvgIpc) is 3.29. The van der Waals surface area contributed by atoms with Crippen molar-refractivity contribution in [1.82, 2.24) is 15.3 Å². The van der Waals surface area contributed by atoms with Crippen LogP contribution in [-0.2, 0) is 6.54 Å². The van der Waals surface area contributed by atoms with E-state index in [0.29, 0.717) is 24.2 Å². The molecule has 1 amide bonds. The van der Waals surface area contributed by atoms with Crippen LogP contribution in [0.4, 0.5) is 5.95 Å². The highest BCUT2D eigenvalue weighted by Crippen LogP contribution is 2.23. The third-order valence-corrected chi connectivity index (χ3v) is 3.57. The van der Waals surface area contributed by atoms with E-state index >= 15 is 0 Å². The van der Waals surface area contributed by atoms with Crippen LogP contribution < -0.4 is 10.6 Å². The van der Waals surface area contributed by atoms with Gasteiger partial charge in [0.2, 0.25) is 5.95 Å². The predicted molar refractivity (Wildman–Crippen MR) is 85.8 cm³/mol. The first-order valence-corrected chi connectivity index (χ1v) is 7.56. The normalized spacial score (nSPS) is 13.7. The summed E-state index contributed by atoms with van der Waals surface area (Å²) in [5.41, 5.74) is 3.47. The van der Waals surface area contributed by atoms with Crippen molar-refractivity contribution in [3.63, 3.8) is 0 Å². The number of amides is 1. The standard InChI is InChI=1S/C17H20N4O/c1-11-3-5-13(6-4-11)10-18-16(22)15-9-12(2)19-17(21-15)20-14-7-8-14/h3-6,9,14H,7-8,10H2,1-2H3,(H,18,22)(H,19,20,21). The summed E-state index contributed by atoms with van der Waals surface area (Å²) in [4.78, 5) is 20.9. The van der Waals surface area contributed by atoms with Crippen LogP contribution in [0.1, 0.15) is 40.2 Å². The zero-order valence-corrected chi connectivity index (χ0v) is 12.9. The van der Waals surface area contributed by atoms with Crippen molar-refractivity contribution in [2.45, 2.75) is 39.3 Å². The third-order valence-electron chi connectivity index (χ3n) is 3.57. The lowest BCUT2D eigenvalue weighted by Gasteiger charge is -2.08. The highest BCUT2D eigenvalue weighted by Gasteiger charge is 2.22. The Bertz CT molecular complexity index is 678. The number of anilines is 1. The van der Waals surface area contributed by atoms with E-state index in [0.717, 1.165) is 24.1 Å². The van der Waals surface area contributed by atoms with E-state index in [9.17, 15) is 4.79 Å². The van der Waals surface area contributed by atoms with Gasteiger partial charge in [-0.25, -0.2) is 9.97 Å². The molecule has 0 spiro atoms. The molecule has 0 radical (unpaired) electrons. The van der Waals surface area contributed by atoms with Gasteiger partial charge in [0.1, 0.15) is 5.69 Å². The molecule has 0 aliphatic heterocycles. The maximum atomic E-state index is 12.3. The maximum Gasteiger partial charge on any atom is 0.270 e. The summed E-state index contributed by atoms with van der Waals surface area (Å²) < 4.78 is 0. The quantitative estimate of drug-likeness (QED) is 0.890. The van der Waals surface area contributed by atoms with Gasteiger partial charge in [-0.05, 0) is 38.3 Å². The van der Waals surface area contributed by atoms with Crippen molar-refractivity contribution in [2.24, 2.45) is 0 Å². The number of nitrogens with zero attached hydrogens (tertiary/aromatic N) is 2. The summed E-state index contributed by atoms with van der Waals surface area (Å²) in [7, 11) is 0. The Kier molecular flexibility index (Phi) is 4.04. The van der Waals surface area contributed by atoms with E-state index in [4.69, 9.17) is 0 Å². The molecule has 2 N–H and O–H groups in total. The number of aryl methyl sites for hydroxylation is 2. The van der Waals surface area contributed by atoms with Crippen molar-refractivity contribution < 1.29 is 4.79 Å². The third kappa shape index (κ3) is 3.81. The Hall–Kier alpha value is -2.43. The molecule has 1 heterocycles. The van der Waals surface area contributed by atoms with E-state index in [2.05, 4.69) is 20.6 Å². The van der Waals surface area contributed by atoms with Crippen LogP contribution in [0, 0.1) is 13.8 Å². The molecule has 5 nitrogen and oxygen atoms in total. The lowest BCUT2D eigenvalue weighted by Crippen LogP contribution is -2.24. The van der Waals surface area contributed by atoms with Crippen LogP contribution >= 0.6 is 0 Å². The lowest BCUT2D eigenvalue weighted by atomic mass is 10.1. The molecule has 3 rings (SSSR count). The van der Waals surface area contributed by atoms with Gasteiger partial charge in [-0.1, -0.05) is 29.8 Å². The topological polar surface area (TPSA) is 66.9 Å². The van der Waals surface area contributed by atoms with Gasteiger partial charge in [0.25, 0.3) is 5.91 Å². The van der Waals surface area contributed by atoms with Crippen molar-refractivity contribution in [3.05, 3.63) is 52.8 Å². The average molecular weight is 296 g/mol. The molecule has 0 bridgehead atoms. The second kappa shape index (κ2) is 6.13. The van der Waals surface area contributed by atoms with E-state index in [1.807, 2.05) is 38.1 Å². The zero-order chi connectivity index (χ0) is 15.5. The summed E-state index contributed by atoms with van der Waals surface area (Å²) in [6.07, 6.45) is 2.29. The second-order valence-electron chi connectivity index (χ2n) is 5.81. The predicted octanol–water partition coefficient (Wildman–Crippen LogP) is 2.60. The van der Waals surface area contributed by atoms with Crippen molar-refractivity contribution in [2.75, 3.05) is 5.32 Å². The molecule has 0 atom stereocenters. The van der Waals surface area contributed by atoms with Gasteiger partial charge >= 0.3 is 0 Å². The number of hydrogen-bond acceptors (Lipinski definition) is 4. The molecule has 5 heteroatoms. The van der Waals surface area contributed by atoms with E-state index in [1.165, 1.54) is 5.56 Å². The number of nitrogens with one attached hydrogen (secondary N) is 2. The largest absolute Gasteiger partial charge is 0.351 e. The fraction of sp³-hybridized carbons (Fsp3) is 0.353. The van der Waals surface area contributed by atoms with Crippen LogP contribution in [0.5, 0.6) is 0 Å². The highest BCUT2D eigenvalue weighted by molar-refractivity contribution is 5.92. The van der Waals surface area contributed by atoms with Gasteiger partial charge in [0, 0.05) is 18.3 Å². The monoisotopic (exact) mass is 296 g/mol. The molecule has 1 fully saturated rings. The highest BCUT2D eigenvalue weighted by atomic mass is 16.1. The Labute approximate surface area is 130 Å². The minimum Gasteiger partial charge on any atom is -0.351 e. The summed E-state index contributed by atoms with van der Waals surface area (Å²) >= 11 is 0. The van der Waals surface area contributed by atoms with Crippen molar-refractivity contribution in [3.8, 4) is 0 Å². The molecule has 1 aliphatic carbocycles. The number of carbonyl (C=O) groups is 1. The number of carbonyl (C=O) groups excluding carboxylic acids is 1. The van der Waals surface area contributed by atoms with E-state index in [1.54, 1.807) is 6.07 Å². The number of benzene rings is 1. The Balaban J connectivity index is 1.65. The maximum absolute atomic E-state index is 12.3. The van der Waals surface area contributed by atoms with E-state index < -0.39 is 0 Å². The molecular formula is C17H20N4O. The summed E-state index contributed by atoms with van der Waals surface area (Å²) in [6.45, 7) is 4.41. The molecule has 2 aromatic rings. The Morgan fingerprint density at radius 1 is 1.18 bits per heavy atom. The van der Waals surface area contributed by atoms with Crippen LogP contribution in [0.2, 0.25) is 0 Å². The van der Waals surface area contributed by atoms with Crippen LogP contribution in [0.3, 0.4) is 0 Å². The molecule has 114 valence electrons. The van der Waals surface area contributed by atoms with Crippen molar-refractivity contribution >= 4 is 11.9 Å². The zero-order valence-electron chi connectivity index (χ0n) is 12.9. The summed E-state index contributed by atoms with van der Waals surface area (Å²) in [5, 5.41) is 6.13. The summed E-state index contributed by atoms with van der Waals surface area (Å²) in [6, 6.07) is 10.3.